The molecule has 1 amide bonds. The van der Waals surface area contributed by atoms with E-state index in [0.29, 0.717) is 18.5 Å². The second-order valence-corrected chi connectivity index (χ2v) is 14.3. The highest BCUT2D eigenvalue weighted by atomic mass is 16.6. The van der Waals surface area contributed by atoms with E-state index in [1.807, 2.05) is 36.4 Å². The molecule has 4 heterocycles. The van der Waals surface area contributed by atoms with E-state index in [-0.39, 0.29) is 17.6 Å². The van der Waals surface area contributed by atoms with Crippen LogP contribution in [0.5, 0.6) is 0 Å². The molecule has 7 nitrogen and oxygen atoms in total. The molecule has 222 valence electrons. The third kappa shape index (κ3) is 6.56. The van der Waals surface area contributed by atoms with Gasteiger partial charge in [-0.3, -0.25) is 0 Å². The number of fused-ring (bicyclic) bond motifs is 1. The zero-order valence-electron chi connectivity index (χ0n) is 26.4. The molecule has 2 aliphatic heterocycles. The molecule has 7 heteroatoms. The Morgan fingerprint density at radius 2 is 1.61 bits per heavy atom. The van der Waals surface area contributed by atoms with Gasteiger partial charge in [-0.25, -0.2) is 9.31 Å². The van der Waals surface area contributed by atoms with E-state index in [4.69, 9.17) is 4.74 Å². The van der Waals surface area contributed by atoms with Crippen molar-refractivity contribution in [1.29, 1.82) is 0 Å². The number of hydrogen-bond donors (Lipinski definition) is 0. The Kier molecular flexibility index (Phi) is 8.12. The number of aromatic nitrogens is 2. The van der Waals surface area contributed by atoms with Crippen LogP contribution in [0.25, 0.3) is 16.6 Å². The summed E-state index contributed by atoms with van der Waals surface area (Å²) in [6.07, 6.45) is 6.25. The minimum absolute atomic E-state index is 0.0219. The number of hydrogen-bond acceptors (Lipinski definition) is 5. The largest absolute Gasteiger partial charge is 0.444 e. The summed E-state index contributed by atoms with van der Waals surface area (Å²) in [6.45, 7) is 21.5. The third-order valence-electron chi connectivity index (χ3n) is 8.81. The first kappa shape index (κ1) is 29.4. The highest BCUT2D eigenvalue weighted by Crippen LogP contribution is 2.35. The molecule has 1 unspecified atom stereocenters. The van der Waals surface area contributed by atoms with E-state index < -0.39 is 5.60 Å². The lowest BCUT2D eigenvalue weighted by molar-refractivity contribution is -0.000616. The fraction of sp³-hybridized carbons (Fsp3) is 0.588. The molecule has 1 aromatic carbocycles. The summed E-state index contributed by atoms with van der Waals surface area (Å²) >= 11 is 0. The van der Waals surface area contributed by atoms with Gasteiger partial charge < -0.3 is 19.4 Å². The van der Waals surface area contributed by atoms with Gasteiger partial charge >= 0.3 is 6.09 Å². The Labute approximate surface area is 246 Å². The van der Waals surface area contributed by atoms with Gasteiger partial charge in [-0.15, -0.1) is 0 Å². The zero-order valence-corrected chi connectivity index (χ0v) is 26.4. The number of benzene rings is 1. The van der Waals surface area contributed by atoms with Crippen molar-refractivity contribution >= 4 is 17.3 Å². The van der Waals surface area contributed by atoms with Crippen LogP contribution in [0, 0.1) is 5.41 Å². The molecular formula is C34H49N5O2. The van der Waals surface area contributed by atoms with Crippen LogP contribution in [0.2, 0.25) is 0 Å². The molecule has 0 saturated carbocycles. The van der Waals surface area contributed by atoms with Crippen molar-refractivity contribution in [1.82, 2.24) is 19.4 Å². The van der Waals surface area contributed by atoms with Crippen molar-refractivity contribution in [3.63, 3.8) is 0 Å². The maximum atomic E-state index is 13.1. The maximum Gasteiger partial charge on any atom is 0.410 e. The van der Waals surface area contributed by atoms with Gasteiger partial charge in [0.25, 0.3) is 0 Å². The van der Waals surface area contributed by atoms with E-state index in [1.54, 1.807) is 0 Å². The number of nitrogens with zero attached hydrogens (tertiary/aromatic N) is 5. The van der Waals surface area contributed by atoms with Crippen LogP contribution in [0.4, 0.5) is 10.5 Å². The van der Waals surface area contributed by atoms with Crippen LogP contribution in [-0.4, -0.2) is 75.9 Å². The van der Waals surface area contributed by atoms with Gasteiger partial charge in [0.1, 0.15) is 5.60 Å². The van der Waals surface area contributed by atoms with Crippen LogP contribution < -0.4 is 4.90 Å². The van der Waals surface area contributed by atoms with Gasteiger partial charge in [-0.2, -0.15) is 5.10 Å². The number of piperidine rings is 1. The van der Waals surface area contributed by atoms with E-state index in [2.05, 4.69) is 92.1 Å². The van der Waals surface area contributed by atoms with Crippen LogP contribution in [0.15, 0.2) is 48.8 Å². The topological polar surface area (TPSA) is 53.3 Å². The van der Waals surface area contributed by atoms with Gasteiger partial charge in [-0.1, -0.05) is 45.0 Å². The molecule has 41 heavy (non-hydrogen) atoms. The molecule has 0 aliphatic carbocycles. The summed E-state index contributed by atoms with van der Waals surface area (Å²) in [6, 6.07) is 14.2. The van der Waals surface area contributed by atoms with Crippen LogP contribution in [0.1, 0.15) is 79.7 Å². The molecule has 1 atom stereocenters. The van der Waals surface area contributed by atoms with E-state index in [1.165, 1.54) is 42.6 Å². The molecule has 5 rings (SSSR count). The maximum absolute atomic E-state index is 13.1. The van der Waals surface area contributed by atoms with Crippen molar-refractivity contribution in [3.05, 3.63) is 54.4 Å². The molecule has 0 radical (unpaired) electrons. The Bertz CT molecular complexity index is 1340. The predicted octanol–water partition coefficient (Wildman–Crippen LogP) is 7.06. The van der Waals surface area contributed by atoms with Crippen molar-refractivity contribution in [3.8, 4) is 11.1 Å². The third-order valence-corrected chi connectivity index (χ3v) is 8.81. The quantitative estimate of drug-likeness (QED) is 0.343. The molecule has 2 aliphatic rings. The Hall–Kier alpha value is -3.06. The minimum Gasteiger partial charge on any atom is -0.444 e. The van der Waals surface area contributed by atoms with Crippen LogP contribution in [0.3, 0.4) is 0 Å². The lowest BCUT2D eigenvalue weighted by Gasteiger charge is -2.47. The number of amides is 1. The second-order valence-electron chi connectivity index (χ2n) is 14.3. The summed E-state index contributed by atoms with van der Waals surface area (Å²) in [7, 11) is 0. The second kappa shape index (κ2) is 11.3. The standard InChI is InChI=1S/C34H49N5O2/c1-24(2)36-17-14-27(15-18-36)25-9-11-26(12-10-25)28-21-30-29(13-16-35-39(30)22-28)37-19-20-38(31(23-37)33(3,4)5)32(40)41-34(6,7)8/h9-13,16,21-22,24,27,31H,14-15,17-20,23H2,1-8H3. The van der Waals surface area contributed by atoms with Gasteiger partial charge in [0.05, 0.1) is 17.2 Å². The van der Waals surface area contributed by atoms with Crippen molar-refractivity contribution < 1.29 is 9.53 Å². The molecule has 0 bridgehead atoms. The van der Waals surface area contributed by atoms with Gasteiger partial charge in [-0.05, 0) is 95.1 Å². The highest BCUT2D eigenvalue weighted by molar-refractivity contribution is 5.80. The number of likely N-dealkylation sites (tertiary alicyclic amines) is 1. The molecule has 0 N–H and O–H groups in total. The summed E-state index contributed by atoms with van der Waals surface area (Å²) in [5, 5.41) is 4.65. The predicted molar refractivity (Wildman–Crippen MR) is 168 cm³/mol. The first-order valence-corrected chi connectivity index (χ1v) is 15.4. The fourth-order valence-electron chi connectivity index (χ4n) is 6.40. The van der Waals surface area contributed by atoms with Gasteiger partial charge in [0, 0.05) is 43.6 Å². The molecular weight excluding hydrogens is 510 g/mol. The number of piperazine rings is 1. The highest BCUT2D eigenvalue weighted by Gasteiger charge is 2.40. The first-order valence-electron chi connectivity index (χ1n) is 15.4. The van der Waals surface area contributed by atoms with Crippen molar-refractivity contribution in [2.24, 2.45) is 5.41 Å². The Morgan fingerprint density at radius 3 is 2.22 bits per heavy atom. The van der Waals surface area contributed by atoms with Crippen LogP contribution >= 0.6 is 0 Å². The first-order chi connectivity index (χ1) is 19.3. The average molecular weight is 560 g/mol. The minimum atomic E-state index is -0.514. The molecule has 2 aromatic heterocycles. The Morgan fingerprint density at radius 1 is 0.927 bits per heavy atom. The van der Waals surface area contributed by atoms with Crippen LogP contribution in [-0.2, 0) is 4.74 Å². The number of carbonyl (C=O) groups is 1. The van der Waals surface area contributed by atoms with E-state index >= 15 is 0 Å². The van der Waals surface area contributed by atoms with Crippen molar-refractivity contribution in [2.75, 3.05) is 37.6 Å². The smallest absolute Gasteiger partial charge is 0.410 e. The number of carbonyl (C=O) groups excluding carboxylic acids is 1. The normalized spacial score (nSPS) is 19.8. The van der Waals surface area contributed by atoms with Gasteiger partial charge in [0.2, 0.25) is 0 Å². The lowest BCUT2D eigenvalue weighted by Crippen LogP contribution is -2.60. The molecule has 0 spiro atoms. The average Bonchev–Trinajstić information content (AvgIpc) is 3.36. The van der Waals surface area contributed by atoms with E-state index in [9.17, 15) is 4.79 Å². The SMILES string of the molecule is CC(C)N1CCC(c2ccc(-c3cc4c(N5CCN(C(=O)OC(C)(C)C)C(C(C)(C)C)C5)ccnn4c3)cc2)CC1. The molecule has 2 saturated heterocycles. The summed E-state index contributed by atoms with van der Waals surface area (Å²) < 4.78 is 7.77. The summed E-state index contributed by atoms with van der Waals surface area (Å²) in [5.74, 6) is 0.649. The zero-order chi connectivity index (χ0) is 29.5. The molecule has 2 fully saturated rings. The number of anilines is 1. The van der Waals surface area contributed by atoms with Crippen molar-refractivity contribution in [2.45, 2.75) is 91.8 Å². The fourth-order valence-corrected chi connectivity index (χ4v) is 6.40. The monoisotopic (exact) mass is 559 g/mol. The molecule has 3 aromatic rings. The van der Waals surface area contributed by atoms with Gasteiger partial charge in [0.15, 0.2) is 0 Å². The Balaban J connectivity index is 1.35. The number of rotatable bonds is 4. The number of ether oxygens (including phenoxy) is 1. The lowest BCUT2D eigenvalue weighted by atomic mass is 9.84. The summed E-state index contributed by atoms with van der Waals surface area (Å²) in [4.78, 5) is 20.0. The van der Waals surface area contributed by atoms with E-state index in [0.717, 1.165) is 24.3 Å². The summed E-state index contributed by atoms with van der Waals surface area (Å²) in [5.41, 5.74) is 5.47.